The minimum atomic E-state index is -0.339. The topological polar surface area (TPSA) is 87.7 Å². The molecule has 0 aliphatic carbocycles. The predicted molar refractivity (Wildman–Crippen MR) is 95.2 cm³/mol. The number of carbonyl (C=O) groups is 3. The molecule has 0 radical (unpaired) electrons. The van der Waals surface area contributed by atoms with Gasteiger partial charge in [0, 0.05) is 31.1 Å². The van der Waals surface area contributed by atoms with E-state index >= 15 is 0 Å². The first kappa shape index (κ1) is 20.8. The van der Waals surface area contributed by atoms with Gasteiger partial charge in [-0.25, -0.2) is 4.79 Å². The molecule has 0 aromatic heterocycles. The Hall–Kier alpha value is -2.28. The predicted octanol–water partition coefficient (Wildman–Crippen LogP) is 1.94. The number of hydrogen-bond donors (Lipinski definition) is 2. The Bertz CT molecular complexity index is 578. The molecule has 0 bridgehead atoms. The van der Waals surface area contributed by atoms with E-state index in [9.17, 15) is 14.4 Å². The van der Waals surface area contributed by atoms with Gasteiger partial charge in [-0.05, 0) is 31.0 Å². The van der Waals surface area contributed by atoms with Gasteiger partial charge in [0.1, 0.15) is 6.54 Å². The second-order valence-corrected chi connectivity index (χ2v) is 5.77. The quantitative estimate of drug-likeness (QED) is 0.514. The van der Waals surface area contributed by atoms with Gasteiger partial charge in [0.2, 0.25) is 5.91 Å². The van der Waals surface area contributed by atoms with Crippen LogP contribution in [0, 0.1) is 0 Å². The van der Waals surface area contributed by atoms with Crippen LogP contribution in [0.2, 0.25) is 5.02 Å². The molecule has 25 heavy (non-hydrogen) atoms. The molecule has 1 rings (SSSR count). The highest BCUT2D eigenvalue weighted by Gasteiger charge is 2.15. The summed E-state index contributed by atoms with van der Waals surface area (Å²) in [7, 11) is 1.32. The molecule has 0 aliphatic rings. The first-order valence-corrected chi connectivity index (χ1v) is 8.44. The van der Waals surface area contributed by atoms with Crippen molar-refractivity contribution in [2.75, 3.05) is 26.7 Å². The summed E-state index contributed by atoms with van der Waals surface area (Å²) in [6.45, 7) is 2.87. The number of halogens is 1. The molecule has 7 nitrogen and oxygen atoms in total. The van der Waals surface area contributed by atoms with Crippen LogP contribution >= 0.6 is 11.6 Å². The Balaban J connectivity index is 2.32. The molecule has 2 N–H and O–H groups in total. The highest BCUT2D eigenvalue weighted by Crippen LogP contribution is 2.09. The fourth-order valence-corrected chi connectivity index (χ4v) is 2.13. The van der Waals surface area contributed by atoms with Crippen LogP contribution in [-0.4, -0.2) is 49.6 Å². The zero-order valence-corrected chi connectivity index (χ0v) is 15.3. The number of hydrogen-bond acceptors (Lipinski definition) is 4. The summed E-state index contributed by atoms with van der Waals surface area (Å²) in [4.78, 5) is 36.4. The molecule has 0 heterocycles. The van der Waals surface area contributed by atoms with Gasteiger partial charge < -0.3 is 20.3 Å². The van der Waals surface area contributed by atoms with E-state index in [1.165, 1.54) is 12.0 Å². The van der Waals surface area contributed by atoms with Crippen molar-refractivity contribution in [1.82, 2.24) is 15.5 Å². The van der Waals surface area contributed by atoms with Crippen molar-refractivity contribution < 1.29 is 19.1 Å². The number of amides is 3. The van der Waals surface area contributed by atoms with Crippen LogP contribution in [0.4, 0.5) is 4.79 Å². The lowest BCUT2D eigenvalue weighted by atomic mass is 10.2. The molecule has 0 spiro atoms. The molecular weight excluding hydrogens is 346 g/mol. The summed E-state index contributed by atoms with van der Waals surface area (Å²) < 4.78 is 4.53. The van der Waals surface area contributed by atoms with Gasteiger partial charge in [-0.2, -0.15) is 0 Å². The Morgan fingerprint density at radius 3 is 2.44 bits per heavy atom. The summed E-state index contributed by atoms with van der Waals surface area (Å²) in [5, 5.41) is 6.08. The van der Waals surface area contributed by atoms with E-state index < -0.39 is 0 Å². The smallest absolute Gasteiger partial charge is 0.317 e. The van der Waals surface area contributed by atoms with Crippen LogP contribution in [-0.2, 0) is 20.9 Å². The molecule has 1 aromatic carbocycles. The van der Waals surface area contributed by atoms with Crippen LogP contribution in [0.15, 0.2) is 24.3 Å². The van der Waals surface area contributed by atoms with Gasteiger partial charge in [0.15, 0.2) is 0 Å². The van der Waals surface area contributed by atoms with Crippen molar-refractivity contribution in [2.24, 2.45) is 0 Å². The van der Waals surface area contributed by atoms with Gasteiger partial charge >= 0.3 is 12.0 Å². The highest BCUT2D eigenvalue weighted by molar-refractivity contribution is 6.30. The van der Waals surface area contributed by atoms with Crippen LogP contribution in [0.5, 0.6) is 0 Å². The van der Waals surface area contributed by atoms with Crippen molar-refractivity contribution in [3.63, 3.8) is 0 Å². The maximum Gasteiger partial charge on any atom is 0.317 e. The van der Waals surface area contributed by atoms with Gasteiger partial charge in [-0.1, -0.05) is 23.7 Å². The molecular formula is C17H24ClN3O4. The third kappa shape index (κ3) is 8.39. The number of likely N-dealkylation sites (N-methyl/N-ethyl adjacent to an activating group) is 1. The Kier molecular flexibility index (Phi) is 9.39. The first-order valence-electron chi connectivity index (χ1n) is 8.07. The Labute approximate surface area is 152 Å². The van der Waals surface area contributed by atoms with Crippen molar-refractivity contribution in [3.8, 4) is 0 Å². The molecule has 8 heteroatoms. The van der Waals surface area contributed by atoms with E-state index in [0.717, 1.165) is 5.56 Å². The zero-order chi connectivity index (χ0) is 18.7. The lowest BCUT2D eigenvalue weighted by molar-refractivity contribution is -0.140. The number of carbonyl (C=O) groups excluding carboxylic acids is 3. The van der Waals surface area contributed by atoms with E-state index in [0.29, 0.717) is 31.1 Å². The normalized spacial score (nSPS) is 10.0. The van der Waals surface area contributed by atoms with Gasteiger partial charge in [0.05, 0.1) is 7.11 Å². The molecule has 0 saturated carbocycles. The van der Waals surface area contributed by atoms with Crippen molar-refractivity contribution >= 4 is 29.5 Å². The summed E-state index contributed by atoms with van der Waals surface area (Å²) >= 11 is 5.81. The molecule has 0 aliphatic heterocycles. The lowest BCUT2D eigenvalue weighted by Crippen LogP contribution is -2.45. The van der Waals surface area contributed by atoms with E-state index in [1.807, 2.05) is 12.1 Å². The maximum absolute atomic E-state index is 12.0. The van der Waals surface area contributed by atoms with Crippen LogP contribution in [0.1, 0.15) is 25.3 Å². The van der Waals surface area contributed by atoms with Gasteiger partial charge in [0.25, 0.3) is 0 Å². The zero-order valence-electron chi connectivity index (χ0n) is 14.5. The van der Waals surface area contributed by atoms with Gasteiger partial charge in [-0.3, -0.25) is 9.59 Å². The number of esters is 1. The largest absolute Gasteiger partial charge is 0.469 e. The molecule has 0 unspecified atom stereocenters. The standard InChI is InChI=1S/C17H24ClN3O4/c1-3-21(17(24)19-10-4-5-16(23)25-2)12-15(22)20-11-13-6-8-14(18)9-7-13/h6-9H,3-5,10-12H2,1-2H3,(H,19,24)(H,20,22). The fourth-order valence-electron chi connectivity index (χ4n) is 2.00. The van der Waals surface area contributed by atoms with E-state index in [-0.39, 0.29) is 30.9 Å². The molecule has 138 valence electrons. The van der Waals surface area contributed by atoms with E-state index in [1.54, 1.807) is 19.1 Å². The number of urea groups is 1. The van der Waals surface area contributed by atoms with E-state index in [4.69, 9.17) is 11.6 Å². The number of benzene rings is 1. The van der Waals surface area contributed by atoms with E-state index in [2.05, 4.69) is 15.4 Å². The fraction of sp³-hybridized carbons (Fsp3) is 0.471. The number of nitrogens with zero attached hydrogens (tertiary/aromatic N) is 1. The van der Waals surface area contributed by atoms with Crippen molar-refractivity contribution in [3.05, 3.63) is 34.9 Å². The SMILES string of the molecule is CCN(CC(=O)NCc1ccc(Cl)cc1)C(=O)NCCCC(=O)OC. The summed E-state index contributed by atoms with van der Waals surface area (Å²) in [5.41, 5.74) is 0.924. The molecule has 0 fully saturated rings. The third-order valence-corrected chi connectivity index (χ3v) is 3.72. The second-order valence-electron chi connectivity index (χ2n) is 5.33. The minimum Gasteiger partial charge on any atom is -0.469 e. The summed E-state index contributed by atoms with van der Waals surface area (Å²) in [6.07, 6.45) is 0.725. The van der Waals surface area contributed by atoms with Crippen molar-refractivity contribution in [2.45, 2.75) is 26.3 Å². The average molecular weight is 370 g/mol. The van der Waals surface area contributed by atoms with Crippen molar-refractivity contribution in [1.29, 1.82) is 0 Å². The molecule has 3 amide bonds. The summed E-state index contributed by atoms with van der Waals surface area (Å²) in [6, 6.07) is 6.82. The maximum atomic E-state index is 12.0. The average Bonchev–Trinajstić information content (AvgIpc) is 2.62. The van der Waals surface area contributed by atoms with Gasteiger partial charge in [-0.15, -0.1) is 0 Å². The minimum absolute atomic E-state index is 0.0348. The monoisotopic (exact) mass is 369 g/mol. The highest BCUT2D eigenvalue weighted by atomic mass is 35.5. The van der Waals surface area contributed by atoms with Crippen LogP contribution in [0.3, 0.4) is 0 Å². The number of ether oxygens (including phenoxy) is 1. The molecule has 0 saturated heterocycles. The molecule has 1 aromatic rings. The summed E-state index contributed by atoms with van der Waals surface area (Å²) in [5.74, 6) is -0.565. The third-order valence-electron chi connectivity index (χ3n) is 3.47. The first-order chi connectivity index (χ1) is 12.0. The second kappa shape index (κ2) is 11.3. The number of rotatable bonds is 9. The Morgan fingerprint density at radius 2 is 1.84 bits per heavy atom. The number of methoxy groups -OCH3 is 1. The lowest BCUT2D eigenvalue weighted by Gasteiger charge is -2.20. The number of nitrogens with one attached hydrogen (secondary N) is 2. The van der Waals surface area contributed by atoms with Crippen LogP contribution in [0.25, 0.3) is 0 Å². The Morgan fingerprint density at radius 1 is 1.16 bits per heavy atom. The molecule has 0 atom stereocenters. The van der Waals surface area contributed by atoms with Crippen LogP contribution < -0.4 is 10.6 Å².